The molecule has 3 rings (SSSR count). The number of pyridine rings is 1. The molecule has 0 spiro atoms. The van der Waals surface area contributed by atoms with Gasteiger partial charge in [0.05, 0.1) is 22.1 Å². The standard InChI is InChI=1S/C17H21N3O3/c1-2-15(17(21)9-5-6-10-17)19-16-12-7-3-4-8-13(12)18-11-14(16)20(22)23/h3-4,7-8,11,15,21H,2,5-6,9-10H2,1H3,(H,18,19)/t15-/m0/s1. The third-order valence-electron chi connectivity index (χ3n) is 4.80. The molecule has 1 aliphatic carbocycles. The Hall–Kier alpha value is -2.21. The van der Waals surface area contributed by atoms with Crippen LogP contribution in [-0.4, -0.2) is 26.7 Å². The lowest BCUT2D eigenvalue weighted by molar-refractivity contribution is -0.384. The summed E-state index contributed by atoms with van der Waals surface area (Å²) in [6.45, 7) is 1.99. The summed E-state index contributed by atoms with van der Waals surface area (Å²) in [6, 6.07) is 7.13. The molecule has 0 amide bonds. The highest BCUT2D eigenvalue weighted by Gasteiger charge is 2.39. The molecule has 6 nitrogen and oxygen atoms in total. The molecule has 2 N–H and O–H groups in total. The second-order valence-electron chi connectivity index (χ2n) is 6.21. The normalized spacial score (nSPS) is 18.0. The molecule has 2 aromatic rings. The number of rotatable bonds is 5. The molecule has 0 saturated heterocycles. The van der Waals surface area contributed by atoms with Crippen molar-refractivity contribution in [3.63, 3.8) is 0 Å². The Kier molecular flexibility index (Phi) is 4.17. The minimum absolute atomic E-state index is 0.0521. The van der Waals surface area contributed by atoms with Gasteiger partial charge in [-0.1, -0.05) is 38.0 Å². The van der Waals surface area contributed by atoms with Crippen LogP contribution in [-0.2, 0) is 0 Å². The number of aliphatic hydroxyl groups is 1. The van der Waals surface area contributed by atoms with Gasteiger partial charge in [0, 0.05) is 5.39 Å². The molecule has 1 aromatic carbocycles. The van der Waals surface area contributed by atoms with E-state index in [2.05, 4.69) is 10.3 Å². The summed E-state index contributed by atoms with van der Waals surface area (Å²) in [6.07, 6.45) is 5.44. The van der Waals surface area contributed by atoms with Gasteiger partial charge in [0.15, 0.2) is 0 Å². The fraction of sp³-hybridized carbons (Fsp3) is 0.471. The van der Waals surface area contributed by atoms with E-state index in [1.807, 2.05) is 31.2 Å². The van der Waals surface area contributed by atoms with Gasteiger partial charge in [-0.15, -0.1) is 0 Å². The van der Waals surface area contributed by atoms with Crippen LogP contribution in [0.4, 0.5) is 11.4 Å². The van der Waals surface area contributed by atoms with Crippen molar-refractivity contribution in [3.8, 4) is 0 Å². The molecule has 1 aromatic heterocycles. The first kappa shape index (κ1) is 15.7. The topological polar surface area (TPSA) is 88.3 Å². The maximum absolute atomic E-state index is 11.4. The smallest absolute Gasteiger partial charge is 0.311 e. The predicted molar refractivity (Wildman–Crippen MR) is 89.5 cm³/mol. The zero-order valence-corrected chi connectivity index (χ0v) is 13.2. The maximum Gasteiger partial charge on any atom is 0.311 e. The molecule has 6 heteroatoms. The lowest BCUT2D eigenvalue weighted by Crippen LogP contribution is -2.44. The number of nitro groups is 1. The summed E-state index contributed by atoms with van der Waals surface area (Å²) in [5.41, 5.74) is 0.304. The van der Waals surface area contributed by atoms with E-state index in [1.54, 1.807) is 0 Å². The number of aromatic nitrogens is 1. The monoisotopic (exact) mass is 315 g/mol. The van der Waals surface area contributed by atoms with Gasteiger partial charge in [-0.25, -0.2) is 4.98 Å². The van der Waals surface area contributed by atoms with Crippen LogP contribution in [0, 0.1) is 10.1 Å². The molecule has 1 aliphatic rings. The number of anilines is 1. The average molecular weight is 315 g/mol. The van der Waals surface area contributed by atoms with Crippen LogP contribution >= 0.6 is 0 Å². The average Bonchev–Trinajstić information content (AvgIpc) is 2.99. The second-order valence-corrected chi connectivity index (χ2v) is 6.21. The van der Waals surface area contributed by atoms with Crippen LogP contribution in [0.3, 0.4) is 0 Å². The van der Waals surface area contributed by atoms with E-state index in [0.29, 0.717) is 23.0 Å². The van der Waals surface area contributed by atoms with Crippen molar-refractivity contribution in [3.05, 3.63) is 40.6 Å². The molecule has 23 heavy (non-hydrogen) atoms. The van der Waals surface area contributed by atoms with Crippen molar-refractivity contribution >= 4 is 22.3 Å². The van der Waals surface area contributed by atoms with Crippen molar-refractivity contribution in [2.24, 2.45) is 0 Å². The summed E-state index contributed by atoms with van der Waals surface area (Å²) >= 11 is 0. The summed E-state index contributed by atoms with van der Waals surface area (Å²) < 4.78 is 0. The lowest BCUT2D eigenvalue weighted by Gasteiger charge is -2.33. The third kappa shape index (κ3) is 2.86. The Morgan fingerprint density at radius 3 is 2.74 bits per heavy atom. The number of para-hydroxylation sites is 1. The number of nitrogens with zero attached hydrogens (tertiary/aromatic N) is 2. The Bertz CT molecular complexity index is 726. The van der Waals surface area contributed by atoms with E-state index in [0.717, 1.165) is 25.7 Å². The molecule has 1 heterocycles. The summed E-state index contributed by atoms with van der Waals surface area (Å²) in [5.74, 6) is 0. The molecule has 0 radical (unpaired) electrons. The molecular formula is C17H21N3O3. The zero-order chi connectivity index (χ0) is 16.4. The fourth-order valence-corrected chi connectivity index (χ4v) is 3.55. The van der Waals surface area contributed by atoms with Gasteiger partial charge in [-0.05, 0) is 25.3 Å². The fourth-order valence-electron chi connectivity index (χ4n) is 3.55. The van der Waals surface area contributed by atoms with Gasteiger partial charge in [0.2, 0.25) is 0 Å². The second kappa shape index (κ2) is 6.12. The highest BCUT2D eigenvalue weighted by atomic mass is 16.6. The summed E-state index contributed by atoms with van der Waals surface area (Å²) in [7, 11) is 0. The minimum atomic E-state index is -0.799. The number of nitrogens with one attached hydrogen (secondary N) is 1. The quantitative estimate of drug-likeness (QED) is 0.649. The molecular weight excluding hydrogens is 294 g/mol. The first-order valence-corrected chi connectivity index (χ1v) is 8.06. The molecule has 1 saturated carbocycles. The number of hydrogen-bond donors (Lipinski definition) is 2. The van der Waals surface area contributed by atoms with Gasteiger partial charge in [0.25, 0.3) is 0 Å². The SMILES string of the molecule is CC[C@H](Nc1c([N+](=O)[O-])cnc2ccccc12)C1(O)CCCC1. The van der Waals surface area contributed by atoms with E-state index in [-0.39, 0.29) is 11.7 Å². The molecule has 1 fully saturated rings. The Balaban J connectivity index is 2.06. The molecule has 0 bridgehead atoms. The van der Waals surface area contributed by atoms with E-state index in [4.69, 9.17) is 0 Å². The van der Waals surface area contributed by atoms with Gasteiger partial charge < -0.3 is 10.4 Å². The predicted octanol–water partition coefficient (Wildman–Crippen LogP) is 3.64. The molecule has 0 aliphatic heterocycles. The van der Waals surface area contributed by atoms with Crippen LogP contribution in [0.1, 0.15) is 39.0 Å². The van der Waals surface area contributed by atoms with Gasteiger partial charge in [0.1, 0.15) is 11.9 Å². The lowest BCUT2D eigenvalue weighted by atomic mass is 9.90. The maximum atomic E-state index is 11.4. The van der Waals surface area contributed by atoms with Crippen molar-refractivity contribution in [2.75, 3.05) is 5.32 Å². The molecule has 0 unspecified atom stereocenters. The summed E-state index contributed by atoms with van der Waals surface area (Å²) in [5, 5.41) is 26.2. The first-order valence-electron chi connectivity index (χ1n) is 8.06. The van der Waals surface area contributed by atoms with Crippen molar-refractivity contribution in [1.82, 2.24) is 4.98 Å². The highest BCUT2D eigenvalue weighted by molar-refractivity contribution is 5.95. The van der Waals surface area contributed by atoms with Crippen molar-refractivity contribution < 1.29 is 10.0 Å². The van der Waals surface area contributed by atoms with Crippen LogP contribution in [0.15, 0.2) is 30.5 Å². The van der Waals surface area contributed by atoms with Crippen LogP contribution in [0.2, 0.25) is 0 Å². The Morgan fingerprint density at radius 2 is 2.09 bits per heavy atom. The largest absolute Gasteiger partial charge is 0.388 e. The van der Waals surface area contributed by atoms with Crippen molar-refractivity contribution in [1.29, 1.82) is 0 Å². The first-order chi connectivity index (χ1) is 11.0. The zero-order valence-electron chi connectivity index (χ0n) is 13.2. The van der Waals surface area contributed by atoms with E-state index < -0.39 is 10.5 Å². The van der Waals surface area contributed by atoms with Crippen LogP contribution in [0.25, 0.3) is 10.9 Å². The summed E-state index contributed by atoms with van der Waals surface area (Å²) in [4.78, 5) is 15.1. The Labute approximate surface area is 134 Å². The number of benzene rings is 1. The minimum Gasteiger partial charge on any atom is -0.388 e. The number of hydrogen-bond acceptors (Lipinski definition) is 5. The Morgan fingerprint density at radius 1 is 1.39 bits per heavy atom. The van der Waals surface area contributed by atoms with E-state index in [9.17, 15) is 15.2 Å². The van der Waals surface area contributed by atoms with Crippen LogP contribution < -0.4 is 5.32 Å². The van der Waals surface area contributed by atoms with Gasteiger partial charge in [-0.3, -0.25) is 10.1 Å². The molecule has 122 valence electrons. The van der Waals surface area contributed by atoms with E-state index in [1.165, 1.54) is 6.20 Å². The molecule has 1 atom stereocenters. The van der Waals surface area contributed by atoms with E-state index >= 15 is 0 Å². The number of fused-ring (bicyclic) bond motifs is 1. The van der Waals surface area contributed by atoms with Gasteiger partial charge >= 0.3 is 5.69 Å². The van der Waals surface area contributed by atoms with Crippen LogP contribution in [0.5, 0.6) is 0 Å². The van der Waals surface area contributed by atoms with Gasteiger partial charge in [-0.2, -0.15) is 0 Å². The van der Waals surface area contributed by atoms with Crippen molar-refractivity contribution in [2.45, 2.75) is 50.7 Å². The highest BCUT2D eigenvalue weighted by Crippen LogP contribution is 2.38. The third-order valence-corrected chi connectivity index (χ3v) is 4.80.